The summed E-state index contributed by atoms with van der Waals surface area (Å²) in [6, 6.07) is 5.42. The van der Waals surface area contributed by atoms with Gasteiger partial charge in [0.05, 0.1) is 0 Å². The number of carbonyl (C=O) groups excluding carboxylic acids is 4. The van der Waals surface area contributed by atoms with Crippen LogP contribution in [0.2, 0.25) is 0 Å². The van der Waals surface area contributed by atoms with Gasteiger partial charge in [-0.15, -0.1) is 0 Å². The zero-order valence-corrected chi connectivity index (χ0v) is 21.7. The highest BCUT2D eigenvalue weighted by molar-refractivity contribution is 5.93. The van der Waals surface area contributed by atoms with Crippen molar-refractivity contribution in [1.29, 1.82) is 0 Å². The maximum Gasteiger partial charge on any atom is 0.408 e. The van der Waals surface area contributed by atoms with Gasteiger partial charge in [0.1, 0.15) is 17.7 Å². The summed E-state index contributed by atoms with van der Waals surface area (Å²) in [5.41, 5.74) is 6.37. The molecule has 0 radical (unpaired) electrons. The molecule has 2 rings (SSSR count). The van der Waals surface area contributed by atoms with Crippen molar-refractivity contribution < 1.29 is 23.9 Å². The SMILES string of the molecule is CCc1ccc(C(C(=O)NC(C)C)N(C(=O)C(CCC(N)=O)NC(=O)OC(C)(C)C)C2CC2)cc1. The molecule has 0 spiro atoms. The van der Waals surface area contributed by atoms with Crippen molar-refractivity contribution in [1.82, 2.24) is 15.5 Å². The molecule has 4 amide bonds. The minimum atomic E-state index is -1.07. The van der Waals surface area contributed by atoms with Gasteiger partial charge in [-0.3, -0.25) is 14.4 Å². The van der Waals surface area contributed by atoms with Crippen LogP contribution in [0.4, 0.5) is 4.79 Å². The lowest BCUT2D eigenvalue weighted by atomic mass is 9.99. The van der Waals surface area contributed by atoms with Gasteiger partial charge in [0.25, 0.3) is 0 Å². The number of amides is 4. The number of carbonyl (C=O) groups is 4. The van der Waals surface area contributed by atoms with Gasteiger partial charge in [-0.25, -0.2) is 4.79 Å². The third-order valence-corrected chi connectivity index (χ3v) is 5.52. The molecule has 1 saturated carbocycles. The highest BCUT2D eigenvalue weighted by Crippen LogP contribution is 2.36. The molecular weight excluding hydrogens is 448 g/mol. The fourth-order valence-electron chi connectivity index (χ4n) is 3.78. The van der Waals surface area contributed by atoms with Crippen molar-refractivity contribution in [2.24, 2.45) is 5.73 Å². The standard InChI is InChI=1S/C26H40N4O5/c1-7-17-8-10-18(11-9-17)22(23(32)28-16(2)3)30(19-12-13-19)24(33)20(14-15-21(27)31)29-25(34)35-26(4,5)6/h8-11,16,19-20,22H,7,12-15H2,1-6H3,(H2,27,31)(H,28,32)(H,29,34). The number of primary amides is 1. The predicted octanol–water partition coefficient (Wildman–Crippen LogP) is 2.96. The molecule has 1 aliphatic rings. The number of nitrogens with one attached hydrogen (secondary N) is 2. The van der Waals surface area contributed by atoms with Crippen LogP contribution in [0.1, 0.15) is 84.4 Å². The summed E-state index contributed by atoms with van der Waals surface area (Å²) < 4.78 is 5.34. The Morgan fingerprint density at radius 1 is 1.09 bits per heavy atom. The normalized spacial score (nSPS) is 15.2. The van der Waals surface area contributed by atoms with E-state index < -0.39 is 35.6 Å². The molecule has 0 aromatic heterocycles. The van der Waals surface area contributed by atoms with E-state index in [9.17, 15) is 19.2 Å². The highest BCUT2D eigenvalue weighted by Gasteiger charge is 2.44. The molecule has 1 aromatic rings. The number of aryl methyl sites for hydroxylation is 1. The van der Waals surface area contributed by atoms with Crippen LogP contribution in [0.3, 0.4) is 0 Å². The first kappa shape index (κ1) is 28.1. The first-order valence-electron chi connectivity index (χ1n) is 12.3. The zero-order chi connectivity index (χ0) is 26.3. The van der Waals surface area contributed by atoms with Gasteiger partial charge < -0.3 is 26.0 Å². The van der Waals surface area contributed by atoms with Crippen LogP contribution in [0.5, 0.6) is 0 Å². The summed E-state index contributed by atoms with van der Waals surface area (Å²) in [4.78, 5) is 52.8. The maximum atomic E-state index is 13.9. The van der Waals surface area contributed by atoms with E-state index in [1.165, 1.54) is 0 Å². The van der Waals surface area contributed by atoms with Gasteiger partial charge in [0.2, 0.25) is 17.7 Å². The smallest absolute Gasteiger partial charge is 0.408 e. The average molecular weight is 489 g/mol. The Labute approximate surface area is 208 Å². The predicted molar refractivity (Wildman–Crippen MR) is 133 cm³/mol. The molecule has 194 valence electrons. The molecular formula is C26H40N4O5. The van der Waals surface area contributed by atoms with Crippen LogP contribution in [0.15, 0.2) is 24.3 Å². The van der Waals surface area contributed by atoms with Crippen LogP contribution >= 0.6 is 0 Å². The number of alkyl carbamates (subject to hydrolysis) is 1. The van der Waals surface area contributed by atoms with Gasteiger partial charge >= 0.3 is 6.09 Å². The summed E-state index contributed by atoms with van der Waals surface area (Å²) in [6.45, 7) is 10.9. The van der Waals surface area contributed by atoms with Gasteiger partial charge in [0, 0.05) is 18.5 Å². The topological polar surface area (TPSA) is 131 Å². The maximum absolute atomic E-state index is 13.9. The Morgan fingerprint density at radius 2 is 1.69 bits per heavy atom. The van der Waals surface area contributed by atoms with Crippen molar-refractivity contribution in [2.45, 2.75) is 103 Å². The second kappa shape index (κ2) is 12.0. The molecule has 2 unspecified atom stereocenters. The molecule has 9 nitrogen and oxygen atoms in total. The second-order valence-electron chi connectivity index (χ2n) is 10.3. The number of rotatable bonds is 11. The van der Waals surface area contributed by atoms with E-state index in [2.05, 4.69) is 10.6 Å². The van der Waals surface area contributed by atoms with E-state index in [1.807, 2.05) is 45.0 Å². The Kier molecular flexibility index (Phi) is 9.68. The van der Waals surface area contributed by atoms with Crippen LogP contribution in [0, 0.1) is 0 Å². The van der Waals surface area contributed by atoms with Crippen LogP contribution in [-0.4, -0.2) is 52.4 Å². The first-order valence-corrected chi connectivity index (χ1v) is 12.3. The number of nitrogens with two attached hydrogens (primary N) is 1. The highest BCUT2D eigenvalue weighted by atomic mass is 16.6. The summed E-state index contributed by atoms with van der Waals surface area (Å²) >= 11 is 0. The Bertz CT molecular complexity index is 903. The van der Waals surface area contributed by atoms with Crippen molar-refractivity contribution in [3.8, 4) is 0 Å². The lowest BCUT2D eigenvalue weighted by Gasteiger charge is -2.35. The van der Waals surface area contributed by atoms with E-state index in [0.29, 0.717) is 5.56 Å². The van der Waals surface area contributed by atoms with Gasteiger partial charge in [0.15, 0.2) is 0 Å². The minimum absolute atomic E-state index is 0.00389. The number of nitrogens with zero attached hydrogens (tertiary/aromatic N) is 1. The number of hydrogen-bond donors (Lipinski definition) is 3. The van der Waals surface area contributed by atoms with Crippen LogP contribution in [-0.2, 0) is 25.5 Å². The number of hydrogen-bond acceptors (Lipinski definition) is 5. The second-order valence-corrected chi connectivity index (χ2v) is 10.3. The Balaban J connectivity index is 2.43. The monoisotopic (exact) mass is 488 g/mol. The van der Waals surface area contributed by atoms with E-state index >= 15 is 0 Å². The van der Waals surface area contributed by atoms with Gasteiger partial charge in [-0.05, 0) is 71.4 Å². The van der Waals surface area contributed by atoms with Crippen LogP contribution in [0.25, 0.3) is 0 Å². The first-order chi connectivity index (χ1) is 16.3. The zero-order valence-electron chi connectivity index (χ0n) is 21.7. The van der Waals surface area contributed by atoms with E-state index in [-0.39, 0.29) is 30.8 Å². The molecule has 4 N–H and O–H groups in total. The van der Waals surface area contributed by atoms with Gasteiger partial charge in [-0.2, -0.15) is 0 Å². The van der Waals surface area contributed by atoms with Crippen molar-refractivity contribution >= 4 is 23.8 Å². The molecule has 1 aliphatic carbocycles. The number of benzene rings is 1. The number of ether oxygens (including phenoxy) is 1. The molecule has 0 bridgehead atoms. The fourth-order valence-corrected chi connectivity index (χ4v) is 3.78. The average Bonchev–Trinajstić information content (AvgIpc) is 3.57. The van der Waals surface area contributed by atoms with E-state index in [4.69, 9.17) is 10.5 Å². The molecule has 0 aliphatic heterocycles. The molecule has 9 heteroatoms. The van der Waals surface area contributed by atoms with E-state index in [1.54, 1.807) is 25.7 Å². The molecule has 0 saturated heterocycles. The summed E-state index contributed by atoms with van der Waals surface area (Å²) in [5.74, 6) is -1.32. The Morgan fingerprint density at radius 3 is 2.14 bits per heavy atom. The fraction of sp³-hybridized carbons (Fsp3) is 0.615. The largest absolute Gasteiger partial charge is 0.444 e. The van der Waals surface area contributed by atoms with Gasteiger partial charge in [-0.1, -0.05) is 31.2 Å². The summed E-state index contributed by atoms with van der Waals surface area (Å²) in [5, 5.41) is 5.53. The molecule has 2 atom stereocenters. The summed E-state index contributed by atoms with van der Waals surface area (Å²) in [7, 11) is 0. The van der Waals surface area contributed by atoms with Crippen molar-refractivity contribution in [3.05, 3.63) is 35.4 Å². The third-order valence-electron chi connectivity index (χ3n) is 5.52. The quantitative estimate of drug-likeness (QED) is 0.441. The summed E-state index contributed by atoms with van der Waals surface area (Å²) in [6.07, 6.45) is 1.48. The Hall–Kier alpha value is -3.10. The van der Waals surface area contributed by atoms with Crippen molar-refractivity contribution in [2.75, 3.05) is 0 Å². The van der Waals surface area contributed by atoms with Crippen LogP contribution < -0.4 is 16.4 Å². The minimum Gasteiger partial charge on any atom is -0.444 e. The third kappa shape index (κ3) is 8.88. The molecule has 1 fully saturated rings. The van der Waals surface area contributed by atoms with E-state index in [0.717, 1.165) is 24.8 Å². The lowest BCUT2D eigenvalue weighted by molar-refractivity contribution is -0.143. The molecule has 35 heavy (non-hydrogen) atoms. The van der Waals surface area contributed by atoms with Crippen molar-refractivity contribution in [3.63, 3.8) is 0 Å². The lowest BCUT2D eigenvalue weighted by Crippen LogP contribution is -2.54. The molecule has 0 heterocycles. The molecule has 1 aromatic carbocycles.